The average molecular weight is 312 g/mol. The molecule has 1 unspecified atom stereocenters. The van der Waals surface area contributed by atoms with Gasteiger partial charge < -0.3 is 19.7 Å². The summed E-state index contributed by atoms with van der Waals surface area (Å²) in [6.07, 6.45) is 1.39. The van der Waals surface area contributed by atoms with Crippen LogP contribution in [0.3, 0.4) is 0 Å². The summed E-state index contributed by atoms with van der Waals surface area (Å²) in [5.41, 5.74) is 6.57. The monoisotopic (exact) mass is 311 g/mol. The fraction of sp³-hybridized carbons (Fsp3) is 0.429. The topological polar surface area (TPSA) is 83.4 Å². The van der Waals surface area contributed by atoms with Gasteiger partial charge in [-0.15, -0.1) is 0 Å². The second-order valence-corrected chi connectivity index (χ2v) is 4.98. The molecule has 0 spiro atoms. The van der Waals surface area contributed by atoms with E-state index in [1.165, 1.54) is 7.11 Å². The van der Waals surface area contributed by atoms with E-state index in [1.54, 1.807) is 19.2 Å². The van der Waals surface area contributed by atoms with Crippen LogP contribution in [0.25, 0.3) is 11.4 Å². The molecule has 0 saturated carbocycles. The summed E-state index contributed by atoms with van der Waals surface area (Å²) in [6, 6.07) is 3.46. The summed E-state index contributed by atoms with van der Waals surface area (Å²) in [5, 5.41) is 4.37. The first-order valence-corrected chi connectivity index (χ1v) is 6.96. The highest BCUT2D eigenvalue weighted by molar-refractivity contribution is 6.32. The number of halogens is 1. The highest BCUT2D eigenvalue weighted by Crippen LogP contribution is 2.38. The highest BCUT2D eigenvalue weighted by atomic mass is 35.5. The van der Waals surface area contributed by atoms with Gasteiger partial charge in [-0.05, 0) is 18.6 Å². The van der Waals surface area contributed by atoms with Crippen LogP contribution in [0.15, 0.2) is 16.7 Å². The van der Waals surface area contributed by atoms with E-state index in [4.69, 9.17) is 31.3 Å². The number of nitrogens with two attached hydrogens (primary N) is 1. The molecule has 6 nitrogen and oxygen atoms in total. The maximum atomic E-state index is 6.17. The Balaban J connectivity index is 2.32. The summed E-state index contributed by atoms with van der Waals surface area (Å²) in [5.74, 6) is 1.93. The summed E-state index contributed by atoms with van der Waals surface area (Å²) in [6.45, 7) is 2.01. The molecule has 1 atom stereocenters. The van der Waals surface area contributed by atoms with Gasteiger partial charge in [0.1, 0.15) is 0 Å². The molecule has 0 bridgehead atoms. The fourth-order valence-corrected chi connectivity index (χ4v) is 2.16. The lowest BCUT2D eigenvalue weighted by molar-refractivity contribution is 0.355. The number of hydrogen-bond acceptors (Lipinski definition) is 6. The van der Waals surface area contributed by atoms with Crippen LogP contribution in [-0.4, -0.2) is 30.4 Å². The molecule has 0 aliphatic rings. The van der Waals surface area contributed by atoms with Gasteiger partial charge in [0.05, 0.1) is 19.2 Å². The first-order chi connectivity index (χ1) is 10.1. The van der Waals surface area contributed by atoms with Crippen LogP contribution in [0.5, 0.6) is 11.5 Å². The molecule has 114 valence electrons. The number of hydrogen-bond donors (Lipinski definition) is 1. The first-order valence-electron chi connectivity index (χ1n) is 6.59. The second kappa shape index (κ2) is 6.78. The first kappa shape index (κ1) is 15.6. The SMILES string of the molecule is CCC(N)Cc1nc(-c2cc(Cl)c(OC)c(OC)c2)no1. The van der Waals surface area contributed by atoms with Gasteiger partial charge in [0.2, 0.25) is 11.7 Å². The zero-order valence-electron chi connectivity index (χ0n) is 12.2. The zero-order chi connectivity index (χ0) is 15.4. The molecule has 1 aromatic heterocycles. The molecule has 2 N–H and O–H groups in total. The Morgan fingerprint density at radius 1 is 1.33 bits per heavy atom. The highest BCUT2D eigenvalue weighted by Gasteiger charge is 2.16. The van der Waals surface area contributed by atoms with E-state index in [2.05, 4.69) is 10.1 Å². The van der Waals surface area contributed by atoms with Crippen molar-refractivity contribution in [1.82, 2.24) is 10.1 Å². The quantitative estimate of drug-likeness (QED) is 0.883. The molecule has 7 heteroatoms. The predicted molar refractivity (Wildman–Crippen MR) is 79.8 cm³/mol. The molecule has 0 radical (unpaired) electrons. The van der Waals surface area contributed by atoms with E-state index >= 15 is 0 Å². The minimum atomic E-state index is 0.00675. The molecule has 0 aliphatic carbocycles. The van der Waals surface area contributed by atoms with Gasteiger partial charge in [-0.25, -0.2) is 0 Å². The van der Waals surface area contributed by atoms with Gasteiger partial charge in [-0.2, -0.15) is 4.98 Å². The molecular weight excluding hydrogens is 294 g/mol. The van der Waals surface area contributed by atoms with Crippen molar-refractivity contribution >= 4 is 11.6 Å². The minimum Gasteiger partial charge on any atom is -0.493 e. The van der Waals surface area contributed by atoms with Crippen molar-refractivity contribution < 1.29 is 14.0 Å². The third-order valence-corrected chi connectivity index (χ3v) is 3.40. The summed E-state index contributed by atoms with van der Waals surface area (Å²) in [4.78, 5) is 4.33. The van der Waals surface area contributed by atoms with Gasteiger partial charge in [-0.1, -0.05) is 23.7 Å². The molecule has 0 saturated heterocycles. The Bertz CT molecular complexity index is 616. The molecule has 2 aromatic rings. The largest absolute Gasteiger partial charge is 0.493 e. The van der Waals surface area contributed by atoms with Crippen molar-refractivity contribution in [2.24, 2.45) is 5.73 Å². The van der Waals surface area contributed by atoms with E-state index in [1.807, 2.05) is 6.92 Å². The van der Waals surface area contributed by atoms with Crippen LogP contribution in [-0.2, 0) is 6.42 Å². The van der Waals surface area contributed by atoms with Crippen LogP contribution >= 0.6 is 11.6 Å². The van der Waals surface area contributed by atoms with E-state index in [-0.39, 0.29) is 6.04 Å². The Morgan fingerprint density at radius 2 is 2.10 bits per heavy atom. The number of aromatic nitrogens is 2. The number of rotatable bonds is 6. The number of methoxy groups -OCH3 is 2. The van der Waals surface area contributed by atoms with Crippen molar-refractivity contribution in [1.29, 1.82) is 0 Å². The molecule has 0 aliphatic heterocycles. The van der Waals surface area contributed by atoms with Gasteiger partial charge >= 0.3 is 0 Å². The maximum absolute atomic E-state index is 6.17. The van der Waals surface area contributed by atoms with Crippen molar-refractivity contribution in [2.45, 2.75) is 25.8 Å². The molecule has 21 heavy (non-hydrogen) atoms. The lowest BCUT2D eigenvalue weighted by atomic mass is 10.1. The smallest absolute Gasteiger partial charge is 0.228 e. The Kier molecular flexibility index (Phi) is 5.03. The van der Waals surface area contributed by atoms with Crippen LogP contribution in [0.2, 0.25) is 5.02 Å². The Labute approximate surface area is 128 Å². The normalized spacial score (nSPS) is 12.2. The van der Waals surface area contributed by atoms with E-state index in [9.17, 15) is 0 Å². The van der Waals surface area contributed by atoms with Crippen molar-refractivity contribution in [3.8, 4) is 22.9 Å². The van der Waals surface area contributed by atoms with Crippen molar-refractivity contribution in [3.05, 3.63) is 23.0 Å². The molecule has 1 aromatic carbocycles. The van der Waals surface area contributed by atoms with E-state index in [0.717, 1.165) is 6.42 Å². The molecule has 0 amide bonds. The molecule has 0 fully saturated rings. The second-order valence-electron chi connectivity index (χ2n) is 4.58. The number of nitrogens with zero attached hydrogens (tertiary/aromatic N) is 2. The molecular formula is C14H18ClN3O3. The number of benzene rings is 1. The number of ether oxygens (including phenoxy) is 2. The van der Waals surface area contributed by atoms with Crippen molar-refractivity contribution in [2.75, 3.05) is 14.2 Å². The van der Waals surface area contributed by atoms with Gasteiger partial charge in [-0.3, -0.25) is 0 Å². The molecule has 1 heterocycles. The summed E-state index contributed by atoms with van der Waals surface area (Å²) >= 11 is 6.17. The van der Waals surface area contributed by atoms with E-state index < -0.39 is 0 Å². The Morgan fingerprint density at radius 3 is 2.71 bits per heavy atom. The fourth-order valence-electron chi connectivity index (χ4n) is 1.87. The summed E-state index contributed by atoms with van der Waals surface area (Å²) < 4.78 is 15.7. The van der Waals surface area contributed by atoms with Crippen molar-refractivity contribution in [3.63, 3.8) is 0 Å². The van der Waals surface area contributed by atoms with Crippen LogP contribution in [0, 0.1) is 0 Å². The minimum absolute atomic E-state index is 0.00675. The van der Waals surface area contributed by atoms with Crippen LogP contribution in [0.4, 0.5) is 0 Å². The van der Waals surface area contributed by atoms with E-state index in [0.29, 0.717) is 40.2 Å². The van der Waals surface area contributed by atoms with Crippen LogP contribution < -0.4 is 15.2 Å². The van der Waals surface area contributed by atoms with Crippen LogP contribution in [0.1, 0.15) is 19.2 Å². The maximum Gasteiger partial charge on any atom is 0.228 e. The Hall–Kier alpha value is -1.79. The predicted octanol–water partition coefficient (Wildman–Crippen LogP) is 2.69. The summed E-state index contributed by atoms with van der Waals surface area (Å²) in [7, 11) is 3.07. The lowest BCUT2D eigenvalue weighted by Crippen LogP contribution is -2.21. The third-order valence-electron chi connectivity index (χ3n) is 3.12. The lowest BCUT2D eigenvalue weighted by Gasteiger charge is -2.10. The molecule has 2 rings (SSSR count). The standard InChI is InChI=1S/C14H18ClN3O3/c1-4-9(16)7-12-17-14(18-21-12)8-5-10(15)13(20-3)11(6-8)19-2/h5-6,9H,4,7,16H2,1-3H3. The van der Waals surface area contributed by atoms with Gasteiger partial charge in [0, 0.05) is 18.0 Å². The third kappa shape index (κ3) is 3.46. The zero-order valence-corrected chi connectivity index (χ0v) is 13.0. The van der Waals surface area contributed by atoms with Gasteiger partial charge in [0.15, 0.2) is 11.5 Å². The van der Waals surface area contributed by atoms with Gasteiger partial charge in [0.25, 0.3) is 0 Å². The average Bonchev–Trinajstić information content (AvgIpc) is 2.94.